The first-order valence-corrected chi connectivity index (χ1v) is 9.65. The van der Waals surface area contributed by atoms with Crippen LogP contribution in [0.5, 0.6) is 0 Å². The van der Waals surface area contributed by atoms with E-state index in [4.69, 9.17) is 0 Å². The summed E-state index contributed by atoms with van der Waals surface area (Å²) < 4.78 is 0. The van der Waals surface area contributed by atoms with E-state index in [2.05, 4.69) is 42.3 Å². The molecule has 0 saturated carbocycles. The van der Waals surface area contributed by atoms with Crippen molar-refractivity contribution in [3.63, 3.8) is 0 Å². The molecule has 0 spiro atoms. The second-order valence-corrected chi connectivity index (χ2v) is 6.40. The third kappa shape index (κ3) is 6.84. The average Bonchev–Trinajstić information content (AvgIpc) is 2.77. The zero-order valence-electron chi connectivity index (χ0n) is 16.6. The van der Waals surface area contributed by atoms with Gasteiger partial charge in [0.15, 0.2) is 5.96 Å². The third-order valence-electron chi connectivity index (χ3n) is 4.47. The van der Waals surface area contributed by atoms with Crippen LogP contribution in [0.4, 0.5) is 5.82 Å². The van der Waals surface area contributed by atoms with Crippen LogP contribution in [0, 0.1) is 0 Å². The Kier molecular flexibility index (Phi) is 9.62. The normalized spacial score (nSPS) is 14.2. The summed E-state index contributed by atoms with van der Waals surface area (Å²) in [7, 11) is 0. The number of rotatable bonds is 6. The van der Waals surface area contributed by atoms with E-state index in [1.165, 1.54) is 0 Å². The number of halogens is 1. The summed E-state index contributed by atoms with van der Waals surface area (Å²) in [5, 5.41) is 6.22. The summed E-state index contributed by atoms with van der Waals surface area (Å²) in [5.41, 5.74) is 0.559. The summed E-state index contributed by atoms with van der Waals surface area (Å²) in [6, 6.07) is 9.49. The molecule has 9 heteroatoms. The van der Waals surface area contributed by atoms with Crippen LogP contribution >= 0.6 is 24.0 Å². The van der Waals surface area contributed by atoms with E-state index in [1.54, 1.807) is 24.5 Å². The number of guanidine groups is 1. The fourth-order valence-electron chi connectivity index (χ4n) is 3.04. The van der Waals surface area contributed by atoms with Gasteiger partial charge in [0, 0.05) is 57.9 Å². The number of aromatic nitrogens is 2. The minimum atomic E-state index is -0.128. The van der Waals surface area contributed by atoms with Crippen molar-refractivity contribution in [2.45, 2.75) is 6.92 Å². The molecule has 1 fully saturated rings. The largest absolute Gasteiger partial charge is 0.357 e. The molecule has 1 saturated heterocycles. The summed E-state index contributed by atoms with van der Waals surface area (Å²) in [6.45, 7) is 7.43. The van der Waals surface area contributed by atoms with Gasteiger partial charge in [-0.15, -0.1) is 24.0 Å². The summed E-state index contributed by atoms with van der Waals surface area (Å²) >= 11 is 0. The van der Waals surface area contributed by atoms with E-state index >= 15 is 0 Å². The molecule has 0 bridgehead atoms. The minimum absolute atomic E-state index is 0. The molecule has 2 aromatic rings. The van der Waals surface area contributed by atoms with Crippen molar-refractivity contribution in [2.75, 3.05) is 50.7 Å². The van der Waals surface area contributed by atoms with Crippen molar-refractivity contribution in [3.8, 4) is 0 Å². The fraction of sp³-hybridized carbons (Fsp3) is 0.400. The van der Waals surface area contributed by atoms with E-state index in [-0.39, 0.29) is 29.9 Å². The van der Waals surface area contributed by atoms with Gasteiger partial charge in [-0.1, -0.05) is 6.07 Å². The summed E-state index contributed by atoms with van der Waals surface area (Å²) in [6.07, 6.45) is 5.04. The predicted octanol–water partition coefficient (Wildman–Crippen LogP) is 1.61. The Morgan fingerprint density at radius 1 is 1.10 bits per heavy atom. The van der Waals surface area contributed by atoms with Gasteiger partial charge in [0.25, 0.3) is 5.91 Å². The first-order chi connectivity index (χ1) is 13.8. The second kappa shape index (κ2) is 12.2. The number of aliphatic imine (C=N–C) groups is 1. The maximum atomic E-state index is 12.1. The monoisotopic (exact) mass is 509 g/mol. The lowest BCUT2D eigenvalue weighted by atomic mass is 10.3. The van der Waals surface area contributed by atoms with Crippen LogP contribution in [0.3, 0.4) is 0 Å². The van der Waals surface area contributed by atoms with Crippen LogP contribution in [-0.2, 0) is 0 Å². The van der Waals surface area contributed by atoms with Crippen molar-refractivity contribution in [1.82, 2.24) is 25.5 Å². The van der Waals surface area contributed by atoms with Crippen LogP contribution in [-0.4, -0.2) is 72.5 Å². The zero-order chi connectivity index (χ0) is 19.6. The zero-order valence-corrected chi connectivity index (χ0v) is 19.0. The molecule has 0 atom stereocenters. The molecule has 156 valence electrons. The van der Waals surface area contributed by atoms with Gasteiger partial charge in [-0.05, 0) is 31.2 Å². The number of nitrogens with zero attached hydrogens (tertiary/aromatic N) is 5. The fourth-order valence-corrected chi connectivity index (χ4v) is 3.04. The predicted molar refractivity (Wildman–Crippen MR) is 126 cm³/mol. The number of piperazine rings is 1. The maximum Gasteiger partial charge on any atom is 0.252 e. The number of amides is 1. The van der Waals surface area contributed by atoms with Crippen LogP contribution in [0.1, 0.15) is 17.3 Å². The van der Waals surface area contributed by atoms with E-state index in [0.29, 0.717) is 18.7 Å². The molecule has 0 aliphatic carbocycles. The lowest BCUT2D eigenvalue weighted by Crippen LogP contribution is -2.52. The molecule has 2 N–H and O–H groups in total. The number of hydrogen-bond donors (Lipinski definition) is 2. The molecule has 1 aliphatic rings. The Hall–Kier alpha value is -2.43. The first-order valence-electron chi connectivity index (χ1n) is 9.65. The smallest absolute Gasteiger partial charge is 0.252 e. The van der Waals surface area contributed by atoms with Crippen molar-refractivity contribution in [2.24, 2.45) is 4.99 Å². The number of carbonyl (C=O) groups is 1. The first kappa shape index (κ1) is 22.9. The lowest BCUT2D eigenvalue weighted by Gasteiger charge is -2.37. The highest BCUT2D eigenvalue weighted by Gasteiger charge is 2.20. The number of hydrogen-bond acceptors (Lipinski definition) is 5. The molecule has 3 heterocycles. The van der Waals surface area contributed by atoms with Crippen molar-refractivity contribution >= 4 is 41.7 Å². The van der Waals surface area contributed by atoms with Crippen molar-refractivity contribution in [3.05, 3.63) is 54.5 Å². The van der Waals surface area contributed by atoms with Gasteiger partial charge < -0.3 is 20.4 Å². The Bertz CT molecular complexity index is 765. The molecule has 1 amide bonds. The van der Waals surface area contributed by atoms with Crippen molar-refractivity contribution in [1.29, 1.82) is 0 Å². The van der Waals surface area contributed by atoms with Gasteiger partial charge in [0.1, 0.15) is 5.82 Å². The topological polar surface area (TPSA) is 85.7 Å². The molecule has 0 aromatic carbocycles. The molecule has 0 radical (unpaired) electrons. The van der Waals surface area contributed by atoms with Gasteiger partial charge in [-0.2, -0.15) is 0 Å². The average molecular weight is 509 g/mol. The van der Waals surface area contributed by atoms with Crippen LogP contribution in [0.15, 0.2) is 53.9 Å². The summed E-state index contributed by atoms with van der Waals surface area (Å²) in [4.78, 5) is 29.6. The SMILES string of the molecule is CCNC(=NCCNC(=O)c1cccnc1)N1CCN(c2ccccn2)CC1.I. The van der Waals surface area contributed by atoms with E-state index in [9.17, 15) is 4.79 Å². The second-order valence-electron chi connectivity index (χ2n) is 6.40. The molecule has 1 aliphatic heterocycles. The van der Waals surface area contributed by atoms with E-state index in [0.717, 1.165) is 44.5 Å². The number of pyridine rings is 2. The van der Waals surface area contributed by atoms with Gasteiger partial charge in [0.2, 0.25) is 0 Å². The summed E-state index contributed by atoms with van der Waals surface area (Å²) in [5.74, 6) is 1.78. The third-order valence-corrected chi connectivity index (χ3v) is 4.47. The number of nitrogens with one attached hydrogen (secondary N) is 2. The number of anilines is 1. The highest BCUT2D eigenvalue weighted by Crippen LogP contribution is 2.12. The Morgan fingerprint density at radius 2 is 1.93 bits per heavy atom. The molecule has 29 heavy (non-hydrogen) atoms. The molecular formula is C20H28IN7O. The number of carbonyl (C=O) groups excluding carboxylic acids is 1. The van der Waals surface area contributed by atoms with Crippen LogP contribution in [0.2, 0.25) is 0 Å². The van der Waals surface area contributed by atoms with Gasteiger partial charge in [0.05, 0.1) is 12.1 Å². The highest BCUT2D eigenvalue weighted by molar-refractivity contribution is 14.0. The quantitative estimate of drug-likeness (QED) is 0.267. The molecule has 2 aromatic heterocycles. The maximum absolute atomic E-state index is 12.1. The van der Waals surface area contributed by atoms with Crippen molar-refractivity contribution < 1.29 is 4.79 Å². The van der Waals surface area contributed by atoms with Crippen LogP contribution in [0.25, 0.3) is 0 Å². The van der Waals surface area contributed by atoms with Crippen LogP contribution < -0.4 is 15.5 Å². The molecular weight excluding hydrogens is 481 g/mol. The minimum Gasteiger partial charge on any atom is -0.357 e. The highest BCUT2D eigenvalue weighted by atomic mass is 127. The molecule has 0 unspecified atom stereocenters. The molecule has 3 rings (SSSR count). The van der Waals surface area contributed by atoms with Gasteiger partial charge >= 0.3 is 0 Å². The van der Waals surface area contributed by atoms with E-state index < -0.39 is 0 Å². The van der Waals surface area contributed by atoms with Gasteiger partial charge in [-0.3, -0.25) is 14.8 Å². The molecule has 8 nitrogen and oxygen atoms in total. The Balaban J connectivity index is 0.00000300. The Labute approximate surface area is 188 Å². The van der Waals surface area contributed by atoms with E-state index in [1.807, 2.05) is 24.4 Å². The van der Waals surface area contributed by atoms with Gasteiger partial charge in [-0.25, -0.2) is 4.98 Å². The Morgan fingerprint density at radius 3 is 2.59 bits per heavy atom. The lowest BCUT2D eigenvalue weighted by molar-refractivity contribution is 0.0954. The standard InChI is InChI=1S/C20H27N7O.HI/c1-2-22-20(25-11-10-24-19(28)17-6-5-8-21-16-17)27-14-12-26(13-15-27)18-7-3-4-9-23-18;/h3-9,16H,2,10-15H2,1H3,(H,22,25)(H,24,28);1H.